The lowest BCUT2D eigenvalue weighted by Crippen LogP contribution is -2.30. The summed E-state index contributed by atoms with van der Waals surface area (Å²) >= 11 is 5.89. The number of aryl methyl sites for hydroxylation is 1. The Kier molecular flexibility index (Phi) is 4.60. The van der Waals surface area contributed by atoms with Crippen LogP contribution >= 0.6 is 11.6 Å². The van der Waals surface area contributed by atoms with Gasteiger partial charge < -0.3 is 5.73 Å². The first kappa shape index (κ1) is 14.8. The second-order valence-corrected chi connectivity index (χ2v) is 5.20. The number of rotatable bonds is 4. The molecule has 0 bridgehead atoms. The second kappa shape index (κ2) is 6.22. The first-order valence-corrected chi connectivity index (χ1v) is 6.65. The molecule has 0 saturated carbocycles. The van der Waals surface area contributed by atoms with Crippen LogP contribution in [0.4, 0.5) is 10.1 Å². The maximum atomic E-state index is 13.3. The largest absolute Gasteiger partial charge is 0.398 e. The predicted molar refractivity (Wildman–Crippen MR) is 80.8 cm³/mol. The summed E-state index contributed by atoms with van der Waals surface area (Å²) in [6.07, 6.45) is 0.548. The molecular formula is C15H17ClFN3. The average Bonchev–Trinajstić information content (AvgIpc) is 2.40. The van der Waals surface area contributed by atoms with E-state index in [4.69, 9.17) is 23.2 Å². The summed E-state index contributed by atoms with van der Waals surface area (Å²) in [7, 11) is 0. The third-order valence-electron chi connectivity index (χ3n) is 3.36. The average molecular weight is 294 g/mol. The summed E-state index contributed by atoms with van der Waals surface area (Å²) in [4.78, 5) is 0. The van der Waals surface area contributed by atoms with Crippen molar-refractivity contribution in [3.8, 4) is 0 Å². The Morgan fingerprint density at radius 3 is 2.65 bits per heavy atom. The van der Waals surface area contributed by atoms with E-state index in [0.29, 0.717) is 17.1 Å². The molecule has 5 N–H and O–H groups in total. The van der Waals surface area contributed by atoms with Crippen LogP contribution in [0.5, 0.6) is 0 Å². The minimum atomic E-state index is -0.259. The molecule has 0 saturated heterocycles. The van der Waals surface area contributed by atoms with Gasteiger partial charge in [0.15, 0.2) is 0 Å². The third-order valence-corrected chi connectivity index (χ3v) is 3.60. The molecule has 0 aliphatic carbocycles. The molecule has 2 aromatic carbocycles. The van der Waals surface area contributed by atoms with Crippen molar-refractivity contribution in [1.29, 1.82) is 0 Å². The van der Waals surface area contributed by atoms with Crippen LogP contribution in [0.15, 0.2) is 36.4 Å². The zero-order valence-electron chi connectivity index (χ0n) is 11.2. The summed E-state index contributed by atoms with van der Waals surface area (Å²) in [5.74, 6) is 5.36. The van der Waals surface area contributed by atoms with Crippen LogP contribution in [0.3, 0.4) is 0 Å². The molecule has 1 atom stereocenters. The van der Waals surface area contributed by atoms with Gasteiger partial charge in [-0.05, 0) is 54.3 Å². The summed E-state index contributed by atoms with van der Waals surface area (Å²) in [5.41, 5.74) is 12.0. The Labute approximate surface area is 122 Å². The molecular weight excluding hydrogens is 277 g/mol. The summed E-state index contributed by atoms with van der Waals surface area (Å²) in [5, 5.41) is 0.573. The molecule has 106 valence electrons. The molecule has 0 aliphatic heterocycles. The van der Waals surface area contributed by atoms with Gasteiger partial charge in [-0.2, -0.15) is 0 Å². The Hall–Kier alpha value is -1.62. The lowest BCUT2D eigenvalue weighted by atomic mass is 9.95. The predicted octanol–water partition coefficient (Wildman–Crippen LogP) is 3.12. The fourth-order valence-corrected chi connectivity index (χ4v) is 2.38. The van der Waals surface area contributed by atoms with Gasteiger partial charge in [0.1, 0.15) is 5.82 Å². The van der Waals surface area contributed by atoms with Crippen LogP contribution in [-0.4, -0.2) is 0 Å². The van der Waals surface area contributed by atoms with Gasteiger partial charge in [0.25, 0.3) is 0 Å². The van der Waals surface area contributed by atoms with Crippen LogP contribution in [0.2, 0.25) is 5.02 Å². The van der Waals surface area contributed by atoms with Crippen molar-refractivity contribution in [3.63, 3.8) is 0 Å². The van der Waals surface area contributed by atoms with E-state index in [2.05, 4.69) is 5.43 Å². The van der Waals surface area contributed by atoms with Gasteiger partial charge in [-0.25, -0.2) is 4.39 Å². The Balaban J connectivity index is 2.31. The van der Waals surface area contributed by atoms with E-state index in [0.717, 1.165) is 16.7 Å². The molecule has 0 spiro atoms. The monoisotopic (exact) mass is 293 g/mol. The topological polar surface area (TPSA) is 64.1 Å². The first-order chi connectivity index (χ1) is 9.51. The van der Waals surface area contributed by atoms with E-state index < -0.39 is 0 Å². The maximum Gasteiger partial charge on any atom is 0.123 e. The van der Waals surface area contributed by atoms with E-state index in [-0.39, 0.29) is 11.9 Å². The summed E-state index contributed by atoms with van der Waals surface area (Å²) < 4.78 is 13.3. The highest BCUT2D eigenvalue weighted by molar-refractivity contribution is 6.30. The SMILES string of the molecule is Cc1ccc(F)cc1CC(NN)c1ccc(Cl)cc1N. The minimum absolute atomic E-state index is 0.201. The highest BCUT2D eigenvalue weighted by Gasteiger charge is 2.15. The molecule has 0 fully saturated rings. The van der Waals surface area contributed by atoms with Gasteiger partial charge in [0.05, 0.1) is 6.04 Å². The van der Waals surface area contributed by atoms with Crippen LogP contribution in [0.25, 0.3) is 0 Å². The number of nitrogens with two attached hydrogens (primary N) is 2. The smallest absolute Gasteiger partial charge is 0.123 e. The number of benzene rings is 2. The zero-order chi connectivity index (χ0) is 14.7. The van der Waals surface area contributed by atoms with Gasteiger partial charge >= 0.3 is 0 Å². The molecule has 1 unspecified atom stereocenters. The number of hydrogen-bond acceptors (Lipinski definition) is 3. The van der Waals surface area contributed by atoms with Crippen molar-refractivity contribution in [2.75, 3.05) is 5.73 Å². The van der Waals surface area contributed by atoms with Crippen molar-refractivity contribution in [2.24, 2.45) is 5.84 Å². The number of halogens is 2. The van der Waals surface area contributed by atoms with Gasteiger partial charge in [0, 0.05) is 10.7 Å². The Morgan fingerprint density at radius 2 is 2.00 bits per heavy atom. The van der Waals surface area contributed by atoms with Gasteiger partial charge in [-0.3, -0.25) is 11.3 Å². The zero-order valence-corrected chi connectivity index (χ0v) is 11.9. The van der Waals surface area contributed by atoms with Crippen LogP contribution in [0, 0.1) is 12.7 Å². The fourth-order valence-electron chi connectivity index (χ4n) is 2.20. The lowest BCUT2D eigenvalue weighted by Gasteiger charge is -2.19. The van der Waals surface area contributed by atoms with Gasteiger partial charge in [-0.1, -0.05) is 23.7 Å². The normalized spacial score (nSPS) is 12.4. The lowest BCUT2D eigenvalue weighted by molar-refractivity contribution is 0.548. The molecule has 5 heteroatoms. The van der Waals surface area contributed by atoms with E-state index in [9.17, 15) is 4.39 Å². The number of nitrogen functional groups attached to an aromatic ring is 1. The molecule has 0 amide bonds. The van der Waals surface area contributed by atoms with E-state index in [1.807, 2.05) is 13.0 Å². The molecule has 0 aromatic heterocycles. The van der Waals surface area contributed by atoms with Gasteiger partial charge in [0.2, 0.25) is 0 Å². The summed E-state index contributed by atoms with van der Waals surface area (Å²) in [6, 6.07) is 9.79. The van der Waals surface area contributed by atoms with E-state index in [1.54, 1.807) is 18.2 Å². The molecule has 3 nitrogen and oxygen atoms in total. The van der Waals surface area contributed by atoms with E-state index >= 15 is 0 Å². The quantitative estimate of drug-likeness (QED) is 0.461. The number of hydrogen-bond donors (Lipinski definition) is 3. The van der Waals surface area contributed by atoms with Crippen molar-refractivity contribution in [1.82, 2.24) is 5.43 Å². The highest BCUT2D eigenvalue weighted by Crippen LogP contribution is 2.27. The molecule has 0 aliphatic rings. The standard InChI is InChI=1S/C15H17ClFN3/c1-9-2-4-12(17)6-10(9)7-15(20-19)13-5-3-11(16)8-14(13)18/h2-6,8,15,20H,7,18-19H2,1H3. The minimum Gasteiger partial charge on any atom is -0.398 e. The molecule has 0 heterocycles. The van der Waals surface area contributed by atoms with Gasteiger partial charge in [-0.15, -0.1) is 0 Å². The molecule has 20 heavy (non-hydrogen) atoms. The summed E-state index contributed by atoms with van der Waals surface area (Å²) in [6.45, 7) is 1.94. The van der Waals surface area contributed by atoms with Crippen molar-refractivity contribution in [3.05, 3.63) is 63.9 Å². The van der Waals surface area contributed by atoms with Crippen LogP contribution in [-0.2, 0) is 6.42 Å². The fraction of sp³-hybridized carbons (Fsp3) is 0.200. The maximum absolute atomic E-state index is 13.3. The van der Waals surface area contributed by atoms with Crippen LogP contribution < -0.4 is 17.0 Å². The number of nitrogens with one attached hydrogen (secondary N) is 1. The van der Waals surface area contributed by atoms with Crippen molar-refractivity contribution < 1.29 is 4.39 Å². The third kappa shape index (κ3) is 3.28. The molecule has 2 rings (SSSR count). The number of anilines is 1. The molecule has 2 aromatic rings. The Bertz CT molecular complexity index is 616. The Morgan fingerprint density at radius 1 is 1.25 bits per heavy atom. The van der Waals surface area contributed by atoms with Crippen molar-refractivity contribution in [2.45, 2.75) is 19.4 Å². The highest BCUT2D eigenvalue weighted by atomic mass is 35.5. The first-order valence-electron chi connectivity index (χ1n) is 6.27. The van der Waals surface area contributed by atoms with Crippen molar-refractivity contribution >= 4 is 17.3 Å². The van der Waals surface area contributed by atoms with E-state index in [1.165, 1.54) is 12.1 Å². The van der Waals surface area contributed by atoms with Crippen LogP contribution in [0.1, 0.15) is 22.7 Å². The second-order valence-electron chi connectivity index (χ2n) is 4.77. The number of hydrazine groups is 1. The molecule has 0 radical (unpaired) electrons.